The molecule has 0 aliphatic carbocycles. The lowest BCUT2D eigenvalue weighted by Crippen LogP contribution is -2.24. The molecule has 2 aromatic carbocycles. The van der Waals surface area contributed by atoms with E-state index in [9.17, 15) is 13.2 Å². The highest BCUT2D eigenvalue weighted by atomic mass is 32.2. The number of sulfonamides is 1. The van der Waals surface area contributed by atoms with Gasteiger partial charge >= 0.3 is 5.97 Å². The summed E-state index contributed by atoms with van der Waals surface area (Å²) in [6, 6.07) is 10.5. The van der Waals surface area contributed by atoms with Gasteiger partial charge in [0.2, 0.25) is 10.0 Å². The molecule has 7 heteroatoms. The Hall–Kier alpha value is -2.22. The van der Waals surface area contributed by atoms with Crippen LogP contribution in [0.2, 0.25) is 0 Å². The van der Waals surface area contributed by atoms with Crippen molar-refractivity contribution in [3.05, 3.63) is 64.2 Å². The molecule has 0 fully saturated rings. The Morgan fingerprint density at radius 3 is 2.72 bits per heavy atom. The summed E-state index contributed by atoms with van der Waals surface area (Å²) in [6.07, 6.45) is 0. The molecule has 1 aliphatic heterocycles. The second-order valence-electron chi connectivity index (χ2n) is 5.95. The number of hydrogen-bond donors (Lipinski definition) is 2. The summed E-state index contributed by atoms with van der Waals surface area (Å²) in [5, 5.41) is 3.26. The number of hydrogen-bond acceptors (Lipinski definition) is 5. The van der Waals surface area contributed by atoms with E-state index < -0.39 is 16.0 Å². The first-order valence-electron chi connectivity index (χ1n) is 7.91. The van der Waals surface area contributed by atoms with Crippen LogP contribution in [-0.4, -0.2) is 21.5 Å². The first-order valence-corrected chi connectivity index (χ1v) is 9.39. The maximum atomic E-state index is 12.6. The fraction of sp³-hybridized carbons (Fsp3) is 0.278. The predicted octanol–water partition coefficient (Wildman–Crippen LogP) is 1.86. The third kappa shape index (κ3) is 3.58. The van der Waals surface area contributed by atoms with E-state index in [0.29, 0.717) is 5.56 Å². The van der Waals surface area contributed by atoms with E-state index in [1.54, 1.807) is 13.0 Å². The molecule has 1 aliphatic rings. The predicted molar refractivity (Wildman–Crippen MR) is 93.5 cm³/mol. The van der Waals surface area contributed by atoms with Crippen LogP contribution in [0.5, 0.6) is 0 Å². The van der Waals surface area contributed by atoms with Crippen molar-refractivity contribution in [3.63, 3.8) is 0 Å². The van der Waals surface area contributed by atoms with Crippen molar-refractivity contribution in [3.8, 4) is 0 Å². The summed E-state index contributed by atoms with van der Waals surface area (Å²) in [4.78, 5) is 11.8. The highest BCUT2D eigenvalue weighted by Gasteiger charge is 2.21. The summed E-state index contributed by atoms with van der Waals surface area (Å²) in [7, 11) is -2.47. The molecule has 6 nitrogen and oxygen atoms in total. The minimum Gasteiger partial charge on any atom is -0.465 e. The van der Waals surface area contributed by atoms with Gasteiger partial charge in [-0.15, -0.1) is 0 Å². The molecule has 0 unspecified atom stereocenters. The standard InChI is InChI=1S/C18H20N2O4S/c1-12-16(18(21)24-2)4-3-5-17(12)25(22,23)20-9-13-6-7-14-10-19-11-15(14)8-13/h3-8,19-20H,9-11H2,1-2H3. The molecule has 0 bridgehead atoms. The molecular formula is C18H20N2O4S. The summed E-state index contributed by atoms with van der Waals surface area (Å²) in [5.74, 6) is -0.555. The van der Waals surface area contributed by atoms with Crippen molar-refractivity contribution in [1.29, 1.82) is 0 Å². The minimum absolute atomic E-state index is 0.0817. The average Bonchev–Trinajstić information content (AvgIpc) is 3.07. The molecule has 1 heterocycles. The molecule has 0 atom stereocenters. The van der Waals surface area contributed by atoms with Crippen LogP contribution >= 0.6 is 0 Å². The number of carbonyl (C=O) groups excluding carboxylic acids is 1. The molecule has 2 N–H and O–H groups in total. The Labute approximate surface area is 147 Å². The van der Waals surface area contributed by atoms with Crippen molar-refractivity contribution < 1.29 is 17.9 Å². The zero-order chi connectivity index (χ0) is 18.0. The average molecular weight is 360 g/mol. The van der Waals surface area contributed by atoms with E-state index in [0.717, 1.165) is 18.7 Å². The zero-order valence-corrected chi connectivity index (χ0v) is 14.9. The van der Waals surface area contributed by atoms with Gasteiger partial charge in [-0.3, -0.25) is 0 Å². The van der Waals surface area contributed by atoms with Crippen molar-refractivity contribution in [1.82, 2.24) is 10.0 Å². The van der Waals surface area contributed by atoms with Gasteiger partial charge in [0.25, 0.3) is 0 Å². The number of rotatable bonds is 5. The summed E-state index contributed by atoms with van der Waals surface area (Å²) in [5.41, 5.74) is 3.95. The first kappa shape index (κ1) is 17.6. The van der Waals surface area contributed by atoms with E-state index in [2.05, 4.69) is 10.0 Å². The third-order valence-electron chi connectivity index (χ3n) is 4.35. The number of methoxy groups -OCH3 is 1. The maximum Gasteiger partial charge on any atom is 0.338 e. The van der Waals surface area contributed by atoms with Gasteiger partial charge in [0.1, 0.15) is 0 Å². The molecular weight excluding hydrogens is 340 g/mol. The van der Waals surface area contributed by atoms with Crippen LogP contribution in [0.15, 0.2) is 41.3 Å². The Morgan fingerprint density at radius 2 is 1.96 bits per heavy atom. The topological polar surface area (TPSA) is 84.5 Å². The lowest BCUT2D eigenvalue weighted by atomic mass is 10.1. The van der Waals surface area contributed by atoms with Crippen LogP contribution in [-0.2, 0) is 34.4 Å². The van der Waals surface area contributed by atoms with E-state index in [1.807, 2.05) is 18.2 Å². The highest BCUT2D eigenvalue weighted by Crippen LogP contribution is 2.21. The number of carbonyl (C=O) groups is 1. The lowest BCUT2D eigenvalue weighted by Gasteiger charge is -2.12. The minimum atomic E-state index is -3.74. The van der Waals surface area contributed by atoms with Crippen molar-refractivity contribution >= 4 is 16.0 Å². The molecule has 0 saturated carbocycles. The van der Waals surface area contributed by atoms with E-state index in [-0.39, 0.29) is 17.0 Å². The van der Waals surface area contributed by atoms with Gasteiger partial charge in [0, 0.05) is 19.6 Å². The highest BCUT2D eigenvalue weighted by molar-refractivity contribution is 7.89. The van der Waals surface area contributed by atoms with Crippen molar-refractivity contribution in [2.75, 3.05) is 7.11 Å². The van der Waals surface area contributed by atoms with E-state index in [1.165, 1.54) is 30.4 Å². The molecule has 3 rings (SSSR count). The molecule has 0 spiro atoms. The number of benzene rings is 2. The van der Waals surface area contributed by atoms with E-state index >= 15 is 0 Å². The van der Waals surface area contributed by atoms with Crippen LogP contribution < -0.4 is 10.0 Å². The Balaban J connectivity index is 1.82. The van der Waals surface area contributed by atoms with Gasteiger partial charge in [-0.05, 0) is 41.3 Å². The second kappa shape index (κ2) is 6.95. The number of fused-ring (bicyclic) bond motifs is 1. The zero-order valence-electron chi connectivity index (χ0n) is 14.1. The van der Waals surface area contributed by atoms with Gasteiger partial charge < -0.3 is 10.1 Å². The SMILES string of the molecule is COC(=O)c1cccc(S(=O)(=O)NCc2ccc3c(c2)CNC3)c1C. The Morgan fingerprint density at radius 1 is 1.20 bits per heavy atom. The normalized spacial score (nSPS) is 13.5. The molecule has 0 amide bonds. The van der Waals surface area contributed by atoms with Crippen LogP contribution in [0.25, 0.3) is 0 Å². The van der Waals surface area contributed by atoms with Gasteiger partial charge in [0.15, 0.2) is 0 Å². The molecule has 2 aromatic rings. The number of nitrogens with one attached hydrogen (secondary N) is 2. The summed E-state index contributed by atoms with van der Waals surface area (Å²) >= 11 is 0. The molecule has 0 saturated heterocycles. The smallest absolute Gasteiger partial charge is 0.338 e. The summed E-state index contributed by atoms with van der Waals surface area (Å²) < 4.78 is 32.6. The fourth-order valence-electron chi connectivity index (χ4n) is 2.95. The number of esters is 1. The second-order valence-corrected chi connectivity index (χ2v) is 7.69. The Bertz CT molecular complexity index is 923. The summed E-state index contributed by atoms with van der Waals surface area (Å²) in [6.45, 7) is 3.44. The monoisotopic (exact) mass is 360 g/mol. The van der Waals surface area contributed by atoms with Gasteiger partial charge in [-0.2, -0.15) is 0 Å². The van der Waals surface area contributed by atoms with Crippen molar-refractivity contribution in [2.24, 2.45) is 0 Å². The fourth-order valence-corrected chi connectivity index (χ4v) is 4.23. The molecule has 132 valence electrons. The maximum absolute atomic E-state index is 12.6. The quantitative estimate of drug-likeness (QED) is 0.795. The van der Waals surface area contributed by atoms with Gasteiger partial charge in [0.05, 0.1) is 17.6 Å². The van der Waals surface area contributed by atoms with Crippen LogP contribution in [0, 0.1) is 6.92 Å². The first-order chi connectivity index (χ1) is 11.9. The number of ether oxygens (including phenoxy) is 1. The third-order valence-corrected chi connectivity index (χ3v) is 5.89. The Kier molecular flexibility index (Phi) is 4.89. The molecule has 0 radical (unpaired) electrons. The van der Waals surface area contributed by atoms with Crippen molar-refractivity contribution in [2.45, 2.75) is 31.5 Å². The lowest BCUT2D eigenvalue weighted by molar-refractivity contribution is 0.0599. The van der Waals surface area contributed by atoms with Crippen LogP contribution in [0.4, 0.5) is 0 Å². The largest absolute Gasteiger partial charge is 0.465 e. The van der Waals surface area contributed by atoms with Crippen LogP contribution in [0.1, 0.15) is 32.6 Å². The van der Waals surface area contributed by atoms with Gasteiger partial charge in [-0.25, -0.2) is 17.9 Å². The molecule has 25 heavy (non-hydrogen) atoms. The molecule has 0 aromatic heterocycles. The van der Waals surface area contributed by atoms with Gasteiger partial charge in [-0.1, -0.05) is 24.3 Å². The van der Waals surface area contributed by atoms with E-state index in [4.69, 9.17) is 4.74 Å². The van der Waals surface area contributed by atoms with Crippen LogP contribution in [0.3, 0.4) is 0 Å².